The molecule has 166 valence electrons. The number of aromatic carboxylic acids is 2. The van der Waals surface area contributed by atoms with Gasteiger partial charge < -0.3 is 14.6 Å². The van der Waals surface area contributed by atoms with Crippen LogP contribution >= 0.6 is 35.3 Å². The predicted molar refractivity (Wildman–Crippen MR) is 125 cm³/mol. The van der Waals surface area contributed by atoms with Gasteiger partial charge in [-0.1, -0.05) is 17.8 Å². The number of thioether (sulfide) groups is 1. The topological polar surface area (TPSA) is 137 Å². The molecule has 3 aromatic rings. The molecule has 0 spiro atoms. The van der Waals surface area contributed by atoms with Crippen molar-refractivity contribution in [2.24, 2.45) is 0 Å². The molecule has 2 amide bonds. The van der Waals surface area contributed by atoms with Crippen LogP contribution in [0.25, 0.3) is 17.4 Å². The van der Waals surface area contributed by atoms with Gasteiger partial charge in [-0.15, -0.1) is 11.3 Å². The van der Waals surface area contributed by atoms with Gasteiger partial charge in [0, 0.05) is 11.6 Å². The number of nitrogens with one attached hydrogen (secondary N) is 1. The number of nitrogens with zero attached hydrogens (tertiary/aromatic N) is 1. The second-order valence-corrected chi connectivity index (χ2v) is 9.17. The third-order valence-electron chi connectivity index (χ3n) is 4.36. The summed E-state index contributed by atoms with van der Waals surface area (Å²) in [5, 5.41) is 21.2. The van der Waals surface area contributed by atoms with Gasteiger partial charge in [-0.05, 0) is 54.0 Å². The first kappa shape index (κ1) is 22.5. The normalized spacial score (nSPS) is 14.7. The zero-order valence-corrected chi connectivity index (χ0v) is 18.8. The molecule has 0 aliphatic carbocycles. The van der Waals surface area contributed by atoms with Crippen LogP contribution in [0.4, 0.5) is 0 Å². The van der Waals surface area contributed by atoms with Crippen LogP contribution in [0.2, 0.25) is 0 Å². The summed E-state index contributed by atoms with van der Waals surface area (Å²) in [5.41, 5.74) is 2.32. The number of carboxylic acid groups (broad SMARTS) is 2. The third-order valence-corrected chi connectivity index (χ3v) is 6.53. The highest BCUT2D eigenvalue weighted by molar-refractivity contribution is 8.26. The van der Waals surface area contributed by atoms with E-state index in [0.29, 0.717) is 4.88 Å². The minimum absolute atomic E-state index is 0.142. The number of benzene rings is 1. The number of hydrazine groups is 1. The fourth-order valence-electron chi connectivity index (χ4n) is 2.86. The molecular formula is C21H12N2O7S3. The SMILES string of the molecule is O=C(O)c1cc(C(=O)O)cc(-c2ccc(/C=C3/SC(=S)N(NC(=O)c4cccs4)C3=O)o2)c1. The van der Waals surface area contributed by atoms with Crippen LogP contribution in [0.5, 0.6) is 0 Å². The van der Waals surface area contributed by atoms with E-state index in [4.69, 9.17) is 16.6 Å². The molecule has 1 aliphatic heterocycles. The maximum atomic E-state index is 12.7. The Balaban J connectivity index is 1.57. The molecular weight excluding hydrogens is 488 g/mol. The van der Waals surface area contributed by atoms with Crippen LogP contribution in [0.1, 0.15) is 36.1 Å². The molecule has 3 N–H and O–H groups in total. The lowest BCUT2D eigenvalue weighted by atomic mass is 10.0. The maximum Gasteiger partial charge on any atom is 0.335 e. The zero-order valence-electron chi connectivity index (χ0n) is 16.3. The van der Waals surface area contributed by atoms with Crippen molar-refractivity contribution >= 4 is 69.5 Å². The first-order chi connectivity index (χ1) is 15.7. The molecule has 0 atom stereocenters. The van der Waals surface area contributed by atoms with Gasteiger partial charge in [0.15, 0.2) is 4.32 Å². The Hall–Kier alpha value is -3.74. The molecule has 0 saturated carbocycles. The number of hydrogen-bond acceptors (Lipinski definition) is 8. The first-order valence-electron chi connectivity index (χ1n) is 9.07. The molecule has 0 unspecified atom stereocenters. The summed E-state index contributed by atoms with van der Waals surface area (Å²) in [5.74, 6) is -3.08. The van der Waals surface area contributed by atoms with E-state index in [9.17, 15) is 29.4 Å². The highest BCUT2D eigenvalue weighted by Gasteiger charge is 2.34. The summed E-state index contributed by atoms with van der Waals surface area (Å²) in [4.78, 5) is 48.2. The molecule has 12 heteroatoms. The Kier molecular flexibility index (Phi) is 6.14. The van der Waals surface area contributed by atoms with Crippen molar-refractivity contribution in [3.8, 4) is 11.3 Å². The smallest absolute Gasteiger partial charge is 0.335 e. The number of thiocarbonyl (C=S) groups is 1. The zero-order chi connectivity index (χ0) is 23.7. The van der Waals surface area contributed by atoms with E-state index < -0.39 is 23.8 Å². The molecule has 33 heavy (non-hydrogen) atoms. The second-order valence-electron chi connectivity index (χ2n) is 6.55. The van der Waals surface area contributed by atoms with Crippen LogP contribution < -0.4 is 5.43 Å². The monoisotopic (exact) mass is 500 g/mol. The summed E-state index contributed by atoms with van der Waals surface area (Å²) in [6, 6.07) is 10.0. The van der Waals surface area contributed by atoms with Crippen molar-refractivity contribution < 1.29 is 33.8 Å². The summed E-state index contributed by atoms with van der Waals surface area (Å²) in [7, 11) is 0. The summed E-state index contributed by atoms with van der Waals surface area (Å²) < 4.78 is 5.83. The Labute approximate surface area is 199 Å². The molecule has 3 heterocycles. The van der Waals surface area contributed by atoms with E-state index in [2.05, 4.69) is 5.43 Å². The van der Waals surface area contributed by atoms with Gasteiger partial charge in [0.2, 0.25) is 0 Å². The van der Waals surface area contributed by atoms with E-state index in [0.717, 1.165) is 22.8 Å². The number of amides is 2. The standard InChI is InChI=1S/C21H12N2O7S3/c24-17(15-2-1-5-32-15)22-23-18(25)16(33-21(23)31)9-13-3-4-14(30-13)10-6-11(19(26)27)8-12(7-10)20(28)29/h1-9H,(H,22,24)(H,26,27)(H,28,29)/b16-9+. The van der Waals surface area contributed by atoms with Crippen molar-refractivity contribution in [1.82, 2.24) is 10.4 Å². The molecule has 1 aromatic carbocycles. The predicted octanol–water partition coefficient (Wildman–Crippen LogP) is 3.95. The number of carbonyl (C=O) groups is 4. The number of furan rings is 1. The summed E-state index contributed by atoms with van der Waals surface area (Å²) >= 11 is 7.39. The van der Waals surface area contributed by atoms with E-state index in [1.54, 1.807) is 23.6 Å². The lowest BCUT2D eigenvalue weighted by Gasteiger charge is -2.14. The summed E-state index contributed by atoms with van der Waals surface area (Å²) in [6.45, 7) is 0. The molecule has 1 fully saturated rings. The molecule has 2 aromatic heterocycles. The largest absolute Gasteiger partial charge is 0.478 e. The average molecular weight is 501 g/mol. The molecule has 4 rings (SSSR count). The minimum Gasteiger partial charge on any atom is -0.478 e. The highest BCUT2D eigenvalue weighted by atomic mass is 32.2. The van der Waals surface area contributed by atoms with Gasteiger partial charge in [0.05, 0.1) is 20.9 Å². The first-order valence-corrected chi connectivity index (χ1v) is 11.2. The van der Waals surface area contributed by atoms with Crippen LogP contribution in [0.15, 0.2) is 57.2 Å². The van der Waals surface area contributed by atoms with E-state index in [-0.39, 0.29) is 37.4 Å². The maximum absolute atomic E-state index is 12.7. The van der Waals surface area contributed by atoms with Crippen molar-refractivity contribution in [2.45, 2.75) is 0 Å². The van der Waals surface area contributed by atoms with Gasteiger partial charge in [-0.25, -0.2) is 9.59 Å². The van der Waals surface area contributed by atoms with Crippen LogP contribution in [0.3, 0.4) is 0 Å². The van der Waals surface area contributed by atoms with E-state index in [1.807, 2.05) is 0 Å². The molecule has 1 aliphatic rings. The molecule has 0 bridgehead atoms. The molecule has 0 radical (unpaired) electrons. The Bertz CT molecular complexity index is 1310. The highest BCUT2D eigenvalue weighted by Crippen LogP contribution is 2.33. The van der Waals surface area contributed by atoms with Gasteiger partial charge in [0.1, 0.15) is 11.5 Å². The fourth-order valence-corrected chi connectivity index (χ4v) is 4.63. The van der Waals surface area contributed by atoms with Crippen molar-refractivity contribution in [1.29, 1.82) is 0 Å². The van der Waals surface area contributed by atoms with Crippen molar-refractivity contribution in [3.63, 3.8) is 0 Å². The fraction of sp³-hybridized carbons (Fsp3) is 0. The summed E-state index contributed by atoms with van der Waals surface area (Å²) in [6.07, 6.45) is 1.43. The average Bonchev–Trinajstić information content (AvgIpc) is 3.52. The number of rotatable bonds is 6. The lowest BCUT2D eigenvalue weighted by molar-refractivity contribution is -0.123. The lowest BCUT2D eigenvalue weighted by Crippen LogP contribution is -2.44. The second kappa shape index (κ2) is 9.02. The minimum atomic E-state index is -1.28. The Morgan fingerprint density at radius 3 is 2.36 bits per heavy atom. The van der Waals surface area contributed by atoms with Gasteiger partial charge in [-0.2, -0.15) is 5.01 Å². The Morgan fingerprint density at radius 2 is 1.76 bits per heavy atom. The van der Waals surface area contributed by atoms with Gasteiger partial charge >= 0.3 is 11.9 Å². The number of carbonyl (C=O) groups excluding carboxylic acids is 2. The number of hydrogen-bond donors (Lipinski definition) is 3. The van der Waals surface area contributed by atoms with E-state index >= 15 is 0 Å². The van der Waals surface area contributed by atoms with E-state index in [1.165, 1.54) is 35.6 Å². The molecule has 9 nitrogen and oxygen atoms in total. The van der Waals surface area contributed by atoms with Crippen LogP contribution in [-0.2, 0) is 4.79 Å². The van der Waals surface area contributed by atoms with Crippen molar-refractivity contribution in [2.75, 3.05) is 0 Å². The number of carboxylic acids is 2. The number of thiophene rings is 1. The van der Waals surface area contributed by atoms with Crippen LogP contribution in [0, 0.1) is 0 Å². The van der Waals surface area contributed by atoms with Gasteiger partial charge in [-0.3, -0.25) is 15.0 Å². The quantitative estimate of drug-likeness (QED) is 0.339. The molecule has 1 saturated heterocycles. The Morgan fingerprint density at radius 1 is 1.06 bits per heavy atom. The third kappa shape index (κ3) is 4.72. The van der Waals surface area contributed by atoms with Gasteiger partial charge in [0.25, 0.3) is 11.8 Å². The van der Waals surface area contributed by atoms with Crippen molar-refractivity contribution in [3.05, 3.63) is 74.5 Å². The van der Waals surface area contributed by atoms with Crippen LogP contribution in [-0.4, -0.2) is 43.3 Å².